The van der Waals surface area contributed by atoms with Gasteiger partial charge >= 0.3 is 6.36 Å². The van der Waals surface area contributed by atoms with Gasteiger partial charge in [-0.25, -0.2) is 0 Å². The third-order valence-electron chi connectivity index (χ3n) is 2.31. The Kier molecular flexibility index (Phi) is 4.81. The van der Waals surface area contributed by atoms with E-state index in [1.54, 1.807) is 12.1 Å². The highest BCUT2D eigenvalue weighted by Gasteiger charge is 2.30. The molecule has 5 heteroatoms. The summed E-state index contributed by atoms with van der Waals surface area (Å²) in [4.78, 5) is 0. The van der Waals surface area contributed by atoms with E-state index < -0.39 is 6.36 Å². The highest BCUT2D eigenvalue weighted by Crippen LogP contribution is 2.23. The summed E-state index contributed by atoms with van der Waals surface area (Å²) in [6, 6.07) is 5.88. The summed E-state index contributed by atoms with van der Waals surface area (Å²) < 4.78 is 39.5. The smallest absolute Gasteiger partial charge is 0.406 e. The average Bonchev–Trinajstić information content (AvgIpc) is 2.19. The van der Waals surface area contributed by atoms with E-state index >= 15 is 0 Å². The van der Waals surface area contributed by atoms with E-state index in [0.717, 1.165) is 18.4 Å². The molecular weight excluding hydrogens is 231 g/mol. The SMILES string of the molecule is CCCC(N)Cc1ccc(OC(F)(F)F)cc1. The Morgan fingerprint density at radius 2 is 1.82 bits per heavy atom. The van der Waals surface area contributed by atoms with E-state index in [1.807, 2.05) is 6.92 Å². The van der Waals surface area contributed by atoms with E-state index in [4.69, 9.17) is 5.73 Å². The normalized spacial score (nSPS) is 13.5. The molecule has 1 unspecified atom stereocenters. The molecule has 0 spiro atoms. The molecule has 0 amide bonds. The van der Waals surface area contributed by atoms with Gasteiger partial charge in [-0.15, -0.1) is 13.2 Å². The van der Waals surface area contributed by atoms with Crippen molar-refractivity contribution in [3.8, 4) is 5.75 Å². The maximum absolute atomic E-state index is 11.9. The Morgan fingerprint density at radius 1 is 1.24 bits per heavy atom. The molecule has 96 valence electrons. The zero-order valence-electron chi connectivity index (χ0n) is 9.63. The number of halogens is 3. The van der Waals surface area contributed by atoms with Crippen LogP contribution in [0.2, 0.25) is 0 Å². The van der Waals surface area contributed by atoms with Gasteiger partial charge in [-0.2, -0.15) is 0 Å². The predicted octanol–water partition coefficient (Wildman–Crippen LogP) is 3.26. The summed E-state index contributed by atoms with van der Waals surface area (Å²) in [6.07, 6.45) is -2.07. The number of hydrogen-bond donors (Lipinski definition) is 1. The minimum atomic E-state index is -4.64. The van der Waals surface area contributed by atoms with Crippen LogP contribution in [0.15, 0.2) is 24.3 Å². The second-order valence-corrected chi connectivity index (χ2v) is 3.94. The Balaban J connectivity index is 2.56. The van der Waals surface area contributed by atoms with Gasteiger partial charge in [0.25, 0.3) is 0 Å². The number of nitrogens with two attached hydrogens (primary N) is 1. The highest BCUT2D eigenvalue weighted by molar-refractivity contribution is 5.27. The van der Waals surface area contributed by atoms with Crippen molar-refractivity contribution >= 4 is 0 Å². The van der Waals surface area contributed by atoms with E-state index in [2.05, 4.69) is 4.74 Å². The lowest BCUT2D eigenvalue weighted by Gasteiger charge is -2.12. The van der Waals surface area contributed by atoms with Gasteiger partial charge in [0, 0.05) is 6.04 Å². The zero-order chi connectivity index (χ0) is 12.9. The summed E-state index contributed by atoms with van der Waals surface area (Å²) in [5.74, 6) is -0.203. The number of benzene rings is 1. The lowest BCUT2D eigenvalue weighted by atomic mass is 10.0. The van der Waals surface area contributed by atoms with E-state index in [-0.39, 0.29) is 11.8 Å². The van der Waals surface area contributed by atoms with Crippen molar-refractivity contribution in [3.63, 3.8) is 0 Å². The summed E-state index contributed by atoms with van der Waals surface area (Å²) in [7, 11) is 0. The Labute approximate surface area is 98.6 Å². The second kappa shape index (κ2) is 5.91. The maximum atomic E-state index is 11.9. The summed E-state index contributed by atoms with van der Waals surface area (Å²) in [5, 5.41) is 0. The molecule has 0 saturated heterocycles. The first-order valence-electron chi connectivity index (χ1n) is 5.51. The third-order valence-corrected chi connectivity index (χ3v) is 2.31. The van der Waals surface area contributed by atoms with Crippen molar-refractivity contribution in [2.24, 2.45) is 5.73 Å². The first-order valence-corrected chi connectivity index (χ1v) is 5.51. The van der Waals surface area contributed by atoms with Crippen LogP contribution >= 0.6 is 0 Å². The molecule has 1 rings (SSSR count). The van der Waals surface area contributed by atoms with Gasteiger partial charge in [-0.1, -0.05) is 25.5 Å². The first kappa shape index (κ1) is 13.8. The van der Waals surface area contributed by atoms with E-state index in [1.165, 1.54) is 12.1 Å². The molecule has 0 aliphatic carbocycles. The number of rotatable bonds is 5. The van der Waals surface area contributed by atoms with Gasteiger partial charge in [0.15, 0.2) is 0 Å². The van der Waals surface area contributed by atoms with Gasteiger partial charge in [0.1, 0.15) is 5.75 Å². The van der Waals surface area contributed by atoms with Crippen molar-refractivity contribution in [3.05, 3.63) is 29.8 Å². The molecule has 0 aliphatic heterocycles. The fourth-order valence-corrected chi connectivity index (χ4v) is 1.60. The first-order chi connectivity index (χ1) is 7.90. The molecule has 0 aliphatic rings. The number of hydrogen-bond acceptors (Lipinski definition) is 2. The lowest BCUT2D eigenvalue weighted by molar-refractivity contribution is -0.274. The van der Waals surface area contributed by atoms with Crippen LogP contribution in [0.4, 0.5) is 13.2 Å². The van der Waals surface area contributed by atoms with E-state index in [0.29, 0.717) is 6.42 Å². The third kappa shape index (κ3) is 5.58. The van der Waals surface area contributed by atoms with Crippen molar-refractivity contribution in [2.45, 2.75) is 38.6 Å². The van der Waals surface area contributed by atoms with Gasteiger partial charge in [0.05, 0.1) is 0 Å². The monoisotopic (exact) mass is 247 g/mol. The minimum absolute atomic E-state index is 0.0504. The Hall–Kier alpha value is -1.23. The fourth-order valence-electron chi connectivity index (χ4n) is 1.60. The second-order valence-electron chi connectivity index (χ2n) is 3.94. The van der Waals surface area contributed by atoms with Crippen LogP contribution in [0, 0.1) is 0 Å². The molecule has 0 radical (unpaired) electrons. The number of alkyl halides is 3. The van der Waals surface area contributed by atoms with Crippen LogP contribution in [0.1, 0.15) is 25.3 Å². The maximum Gasteiger partial charge on any atom is 0.573 e. The topological polar surface area (TPSA) is 35.2 Å². The molecule has 0 saturated carbocycles. The van der Waals surface area contributed by atoms with Gasteiger partial charge in [-0.05, 0) is 30.5 Å². The van der Waals surface area contributed by atoms with Gasteiger partial charge in [0.2, 0.25) is 0 Å². The molecule has 1 aromatic rings. The highest BCUT2D eigenvalue weighted by atomic mass is 19.4. The lowest BCUT2D eigenvalue weighted by Crippen LogP contribution is -2.22. The summed E-state index contributed by atoms with van der Waals surface area (Å²) >= 11 is 0. The van der Waals surface area contributed by atoms with Crippen molar-refractivity contribution in [1.29, 1.82) is 0 Å². The van der Waals surface area contributed by atoms with Crippen LogP contribution in [0.25, 0.3) is 0 Å². The largest absolute Gasteiger partial charge is 0.573 e. The van der Waals surface area contributed by atoms with Crippen molar-refractivity contribution in [2.75, 3.05) is 0 Å². The van der Waals surface area contributed by atoms with Gasteiger partial charge in [-0.3, -0.25) is 0 Å². The molecule has 17 heavy (non-hydrogen) atoms. The Morgan fingerprint density at radius 3 is 2.29 bits per heavy atom. The molecule has 2 nitrogen and oxygen atoms in total. The molecule has 1 atom stereocenters. The number of ether oxygens (including phenoxy) is 1. The van der Waals surface area contributed by atoms with Crippen LogP contribution in [-0.4, -0.2) is 12.4 Å². The van der Waals surface area contributed by atoms with Crippen LogP contribution in [-0.2, 0) is 6.42 Å². The van der Waals surface area contributed by atoms with Crippen LogP contribution in [0.5, 0.6) is 5.75 Å². The molecule has 0 bridgehead atoms. The summed E-state index contributed by atoms with van der Waals surface area (Å²) in [6.45, 7) is 2.04. The molecule has 2 N–H and O–H groups in total. The standard InChI is InChI=1S/C12H16F3NO/c1-2-3-10(16)8-9-4-6-11(7-5-9)17-12(13,14)15/h4-7,10H,2-3,8,16H2,1H3. The molecular formula is C12H16F3NO. The molecule has 0 heterocycles. The summed E-state index contributed by atoms with van der Waals surface area (Å²) in [5.41, 5.74) is 6.76. The predicted molar refractivity (Wildman–Crippen MR) is 59.7 cm³/mol. The van der Waals surface area contributed by atoms with Crippen molar-refractivity contribution < 1.29 is 17.9 Å². The quantitative estimate of drug-likeness (QED) is 0.866. The average molecular weight is 247 g/mol. The molecule has 0 aromatic heterocycles. The fraction of sp³-hybridized carbons (Fsp3) is 0.500. The molecule has 1 aromatic carbocycles. The zero-order valence-corrected chi connectivity index (χ0v) is 9.63. The minimum Gasteiger partial charge on any atom is -0.406 e. The van der Waals surface area contributed by atoms with Crippen LogP contribution in [0.3, 0.4) is 0 Å². The Bertz CT molecular complexity index is 335. The van der Waals surface area contributed by atoms with E-state index in [9.17, 15) is 13.2 Å². The van der Waals surface area contributed by atoms with Crippen LogP contribution < -0.4 is 10.5 Å². The van der Waals surface area contributed by atoms with Gasteiger partial charge < -0.3 is 10.5 Å². The van der Waals surface area contributed by atoms with Crippen molar-refractivity contribution in [1.82, 2.24) is 0 Å². The molecule has 0 fully saturated rings.